The second kappa shape index (κ2) is 8.68. The Morgan fingerprint density at radius 1 is 1.29 bits per heavy atom. The smallest absolute Gasteiger partial charge is 0.303 e. The minimum absolute atomic E-state index is 0.0458. The number of morpholine rings is 1. The number of nitrogens with zero attached hydrogens (tertiary/aromatic N) is 2. The summed E-state index contributed by atoms with van der Waals surface area (Å²) in [5, 5.41) is 8.88. The monoisotopic (exact) mass is 388 g/mol. The number of carboxylic acid groups (broad SMARTS) is 1. The Morgan fingerprint density at radius 2 is 2.11 bits per heavy atom. The molecule has 3 aliphatic rings. The topological polar surface area (TPSA) is 71.9 Å². The number of aromatic nitrogens is 1. The van der Waals surface area contributed by atoms with Crippen molar-refractivity contribution in [2.24, 2.45) is 11.3 Å². The first kappa shape index (κ1) is 19.5. The van der Waals surface area contributed by atoms with Gasteiger partial charge in [0.25, 0.3) is 0 Å². The average molecular weight is 389 g/mol. The van der Waals surface area contributed by atoms with E-state index in [1.807, 2.05) is 6.20 Å². The minimum atomic E-state index is -0.774. The molecule has 2 saturated carbocycles. The Bertz CT molecular complexity index is 666. The Labute approximate surface area is 167 Å². The third-order valence-corrected chi connectivity index (χ3v) is 6.95. The lowest BCUT2D eigenvalue weighted by atomic mass is 9.59. The number of hydrogen-bond acceptors (Lipinski definition) is 5. The van der Waals surface area contributed by atoms with Gasteiger partial charge in [0.1, 0.15) is 5.75 Å². The highest BCUT2D eigenvalue weighted by Gasteiger charge is 2.39. The molecule has 1 saturated heterocycles. The molecule has 1 N–H and O–H groups in total. The molecule has 1 spiro atoms. The highest BCUT2D eigenvalue weighted by molar-refractivity contribution is 5.66. The van der Waals surface area contributed by atoms with E-state index in [1.165, 1.54) is 44.9 Å². The third kappa shape index (κ3) is 4.77. The second-order valence-corrected chi connectivity index (χ2v) is 8.86. The van der Waals surface area contributed by atoms with E-state index < -0.39 is 5.97 Å². The molecule has 0 unspecified atom stereocenters. The fourth-order valence-corrected chi connectivity index (χ4v) is 4.92. The zero-order chi connectivity index (χ0) is 19.4. The Balaban J connectivity index is 1.27. The van der Waals surface area contributed by atoms with Crippen molar-refractivity contribution in [1.29, 1.82) is 0 Å². The molecule has 1 aromatic rings. The van der Waals surface area contributed by atoms with Crippen LogP contribution in [0.2, 0.25) is 0 Å². The second-order valence-electron chi connectivity index (χ2n) is 8.86. The van der Waals surface area contributed by atoms with Gasteiger partial charge in [-0.25, -0.2) is 0 Å². The first-order chi connectivity index (χ1) is 13.6. The van der Waals surface area contributed by atoms with E-state index in [-0.39, 0.29) is 12.5 Å². The first-order valence-corrected chi connectivity index (χ1v) is 10.8. The number of ether oxygens (including phenoxy) is 2. The van der Waals surface area contributed by atoms with E-state index in [9.17, 15) is 4.79 Å². The maximum atomic E-state index is 10.8. The number of rotatable bonds is 7. The van der Waals surface area contributed by atoms with Crippen LogP contribution in [-0.4, -0.2) is 48.5 Å². The van der Waals surface area contributed by atoms with Crippen molar-refractivity contribution >= 4 is 11.7 Å². The van der Waals surface area contributed by atoms with E-state index >= 15 is 0 Å². The summed E-state index contributed by atoms with van der Waals surface area (Å²) in [5.74, 6) is 0.720. The van der Waals surface area contributed by atoms with Crippen molar-refractivity contribution in [2.45, 2.75) is 63.9 Å². The summed E-state index contributed by atoms with van der Waals surface area (Å²) < 4.78 is 11.8. The molecule has 1 atom stereocenters. The maximum absolute atomic E-state index is 10.8. The van der Waals surface area contributed by atoms with Gasteiger partial charge in [-0.15, -0.1) is 0 Å². The molecule has 3 fully saturated rings. The van der Waals surface area contributed by atoms with E-state index in [0.29, 0.717) is 30.9 Å². The molecule has 4 rings (SSSR count). The minimum Gasteiger partial charge on any atom is -0.492 e. The summed E-state index contributed by atoms with van der Waals surface area (Å²) in [7, 11) is 0. The van der Waals surface area contributed by atoms with Crippen LogP contribution in [0.25, 0.3) is 0 Å². The molecular weight excluding hydrogens is 356 g/mol. The normalized spacial score (nSPS) is 24.7. The van der Waals surface area contributed by atoms with Crippen molar-refractivity contribution in [3.8, 4) is 5.75 Å². The maximum Gasteiger partial charge on any atom is 0.303 e. The van der Waals surface area contributed by atoms with Crippen LogP contribution in [0.1, 0.15) is 57.8 Å². The van der Waals surface area contributed by atoms with Crippen LogP contribution in [0, 0.1) is 11.3 Å². The van der Waals surface area contributed by atoms with Gasteiger partial charge in [-0.1, -0.05) is 6.42 Å². The molecule has 0 aromatic carbocycles. The standard InChI is InChI=1S/C22H32N2O4/c25-21(26)3-2-19-15-24(10-11-27-19)18-12-20(14-23-13-18)28-16-17-4-8-22(9-5-17)6-1-7-22/h12-14,17,19H,1-11,15-16H2,(H,25,26)/t19-/m0/s1. The molecule has 28 heavy (non-hydrogen) atoms. The van der Waals surface area contributed by atoms with Gasteiger partial charge in [0.15, 0.2) is 0 Å². The van der Waals surface area contributed by atoms with Gasteiger partial charge in [0.2, 0.25) is 0 Å². The van der Waals surface area contributed by atoms with Crippen LogP contribution >= 0.6 is 0 Å². The van der Waals surface area contributed by atoms with Crippen molar-refractivity contribution in [3.63, 3.8) is 0 Å². The summed E-state index contributed by atoms with van der Waals surface area (Å²) in [5.41, 5.74) is 1.73. The van der Waals surface area contributed by atoms with Gasteiger partial charge in [-0.3, -0.25) is 9.78 Å². The molecule has 2 heterocycles. The molecule has 154 valence electrons. The Kier molecular flexibility index (Phi) is 6.04. The van der Waals surface area contributed by atoms with E-state index in [1.54, 1.807) is 6.20 Å². The molecule has 1 aromatic heterocycles. The molecule has 6 nitrogen and oxygen atoms in total. The predicted molar refractivity (Wildman–Crippen MR) is 107 cm³/mol. The van der Waals surface area contributed by atoms with Crippen molar-refractivity contribution in [1.82, 2.24) is 4.98 Å². The molecule has 0 radical (unpaired) electrons. The van der Waals surface area contributed by atoms with Gasteiger partial charge in [0, 0.05) is 25.6 Å². The quantitative estimate of drug-likeness (QED) is 0.764. The summed E-state index contributed by atoms with van der Waals surface area (Å²) >= 11 is 0. The highest BCUT2D eigenvalue weighted by atomic mass is 16.5. The Hall–Kier alpha value is -1.82. The van der Waals surface area contributed by atoms with Gasteiger partial charge in [0.05, 0.1) is 37.4 Å². The summed E-state index contributed by atoms with van der Waals surface area (Å²) in [4.78, 5) is 17.4. The summed E-state index contributed by atoms with van der Waals surface area (Å²) in [6.45, 7) is 2.88. The number of anilines is 1. The zero-order valence-corrected chi connectivity index (χ0v) is 16.6. The van der Waals surface area contributed by atoms with Crippen LogP contribution in [0.4, 0.5) is 5.69 Å². The van der Waals surface area contributed by atoms with Gasteiger partial charge >= 0.3 is 5.97 Å². The number of hydrogen-bond donors (Lipinski definition) is 1. The SMILES string of the molecule is O=C(O)CC[C@H]1CN(c2cncc(OCC3CCC4(CCC4)CC3)c2)CCO1. The highest BCUT2D eigenvalue weighted by Crippen LogP contribution is 2.52. The van der Waals surface area contributed by atoms with Crippen LogP contribution < -0.4 is 9.64 Å². The van der Waals surface area contributed by atoms with Crippen LogP contribution in [0.3, 0.4) is 0 Å². The van der Waals surface area contributed by atoms with Crippen molar-refractivity contribution in [2.75, 3.05) is 31.2 Å². The van der Waals surface area contributed by atoms with Crippen molar-refractivity contribution < 1.29 is 19.4 Å². The van der Waals surface area contributed by atoms with E-state index in [0.717, 1.165) is 24.6 Å². The molecule has 1 aliphatic heterocycles. The van der Waals surface area contributed by atoms with E-state index in [2.05, 4.69) is 16.0 Å². The fraction of sp³-hybridized carbons (Fsp3) is 0.727. The number of carboxylic acids is 1. The molecule has 0 amide bonds. The molecule has 6 heteroatoms. The number of pyridine rings is 1. The largest absolute Gasteiger partial charge is 0.492 e. The fourth-order valence-electron chi connectivity index (χ4n) is 4.92. The lowest BCUT2D eigenvalue weighted by Crippen LogP contribution is -2.42. The molecule has 2 aliphatic carbocycles. The molecule has 0 bridgehead atoms. The van der Waals surface area contributed by atoms with Crippen LogP contribution in [0.15, 0.2) is 18.5 Å². The number of aliphatic carboxylic acids is 1. The average Bonchev–Trinajstić information content (AvgIpc) is 2.70. The van der Waals surface area contributed by atoms with Crippen LogP contribution in [0.5, 0.6) is 5.75 Å². The van der Waals surface area contributed by atoms with Crippen LogP contribution in [-0.2, 0) is 9.53 Å². The molecular formula is C22H32N2O4. The Morgan fingerprint density at radius 3 is 2.82 bits per heavy atom. The number of carbonyl (C=O) groups is 1. The van der Waals surface area contributed by atoms with Gasteiger partial charge in [-0.2, -0.15) is 0 Å². The summed E-state index contributed by atoms with van der Waals surface area (Å²) in [6.07, 6.45) is 13.9. The predicted octanol–water partition coefficient (Wildman–Crippen LogP) is 3.89. The lowest BCUT2D eigenvalue weighted by Gasteiger charge is -2.47. The van der Waals surface area contributed by atoms with Gasteiger partial charge in [-0.05, 0) is 56.3 Å². The first-order valence-electron chi connectivity index (χ1n) is 10.8. The summed E-state index contributed by atoms with van der Waals surface area (Å²) in [6, 6.07) is 2.06. The van der Waals surface area contributed by atoms with Gasteiger partial charge < -0.3 is 19.5 Å². The third-order valence-electron chi connectivity index (χ3n) is 6.95. The van der Waals surface area contributed by atoms with Crippen molar-refractivity contribution in [3.05, 3.63) is 18.5 Å². The zero-order valence-electron chi connectivity index (χ0n) is 16.6. The van der Waals surface area contributed by atoms with E-state index in [4.69, 9.17) is 14.6 Å². The lowest BCUT2D eigenvalue weighted by molar-refractivity contribution is -0.137.